The molecule has 306 valence electrons. The molecule has 0 heterocycles. The number of phosphoric ester groups is 1. The van der Waals surface area contributed by atoms with Crippen molar-refractivity contribution in [2.75, 3.05) is 40.9 Å². The number of unbranched alkanes of at least 4 members (excludes halogenated alkanes) is 10. The van der Waals surface area contributed by atoms with Crippen LogP contribution in [-0.4, -0.2) is 84.6 Å². The van der Waals surface area contributed by atoms with Gasteiger partial charge in [0.1, 0.15) is 13.2 Å². The van der Waals surface area contributed by atoms with Gasteiger partial charge >= 0.3 is 7.82 Å². The van der Waals surface area contributed by atoms with Gasteiger partial charge in [-0.05, 0) is 70.6 Å². The van der Waals surface area contributed by atoms with E-state index < -0.39 is 20.0 Å². The minimum absolute atomic E-state index is 0.0384. The van der Waals surface area contributed by atoms with E-state index in [2.05, 4.69) is 67.8 Å². The number of phosphoric acid groups is 1. The summed E-state index contributed by atoms with van der Waals surface area (Å²) < 4.78 is 23.4. The smallest absolute Gasteiger partial charge is 0.389 e. The Morgan fingerprint density at radius 1 is 0.679 bits per heavy atom. The average Bonchev–Trinajstić information content (AvgIpc) is 3.10. The second kappa shape index (κ2) is 34.4. The average molecular weight is 766 g/mol. The number of carbonyl (C=O) groups excluding carboxylic acids is 1. The lowest BCUT2D eigenvalue weighted by Crippen LogP contribution is -2.45. The fourth-order valence-electron chi connectivity index (χ4n) is 5.11. The highest BCUT2D eigenvalue weighted by Gasteiger charge is 2.27. The molecule has 4 N–H and O–H groups in total. The predicted molar refractivity (Wildman–Crippen MR) is 222 cm³/mol. The number of nitrogens with zero attached hydrogens (tertiary/aromatic N) is 1. The Labute approximate surface area is 324 Å². The molecule has 0 aliphatic rings. The van der Waals surface area contributed by atoms with Crippen LogP contribution in [0.25, 0.3) is 0 Å². The lowest BCUT2D eigenvalue weighted by atomic mass is 10.1. The highest BCUT2D eigenvalue weighted by Crippen LogP contribution is 2.43. The highest BCUT2D eigenvalue weighted by molar-refractivity contribution is 7.47. The third-order valence-electron chi connectivity index (χ3n) is 8.44. The van der Waals surface area contributed by atoms with Gasteiger partial charge in [0, 0.05) is 6.42 Å². The van der Waals surface area contributed by atoms with Crippen molar-refractivity contribution < 1.29 is 38.0 Å². The Bertz CT molecular complexity index is 1110. The third kappa shape index (κ3) is 36.6. The molecule has 0 saturated heterocycles. The van der Waals surface area contributed by atoms with Crippen LogP contribution in [0.3, 0.4) is 0 Å². The van der Waals surface area contributed by atoms with Gasteiger partial charge in [-0.2, -0.15) is 0 Å². The summed E-state index contributed by atoms with van der Waals surface area (Å²) in [6, 6.07) is -0.893. The van der Waals surface area contributed by atoms with Crippen LogP contribution in [0, 0.1) is 0 Å². The molecule has 1 unspecified atom stereocenters. The number of likely N-dealkylation sites (N-methyl/N-ethyl adjacent to an activating group) is 1. The van der Waals surface area contributed by atoms with Gasteiger partial charge in [-0.1, -0.05) is 132 Å². The van der Waals surface area contributed by atoms with Gasteiger partial charge in [0.2, 0.25) is 5.91 Å². The summed E-state index contributed by atoms with van der Waals surface area (Å²) in [5, 5.41) is 23.5. The minimum atomic E-state index is -4.36. The topological polar surface area (TPSA) is 125 Å². The molecule has 0 aromatic rings. The van der Waals surface area contributed by atoms with Crippen LogP contribution < -0.4 is 5.32 Å². The van der Waals surface area contributed by atoms with Crippen LogP contribution in [0.1, 0.15) is 136 Å². The van der Waals surface area contributed by atoms with Crippen molar-refractivity contribution in [3.63, 3.8) is 0 Å². The van der Waals surface area contributed by atoms with E-state index in [0.717, 1.165) is 70.6 Å². The normalized spacial score (nSPS) is 15.8. The van der Waals surface area contributed by atoms with Gasteiger partial charge in [0.05, 0.1) is 46.0 Å². The molecule has 53 heavy (non-hydrogen) atoms. The summed E-state index contributed by atoms with van der Waals surface area (Å²) in [5.41, 5.74) is 0. The quantitative estimate of drug-likeness (QED) is 0.0219. The second-order valence-corrected chi connectivity index (χ2v) is 16.3. The molecule has 0 bridgehead atoms. The molecule has 4 atom stereocenters. The van der Waals surface area contributed by atoms with Crippen LogP contribution in [0.15, 0.2) is 72.9 Å². The first-order valence-corrected chi connectivity index (χ1v) is 21.9. The molecule has 0 rings (SSSR count). The first kappa shape index (κ1) is 50.9. The molecule has 0 aromatic heterocycles. The van der Waals surface area contributed by atoms with Crippen LogP contribution in [0.5, 0.6) is 0 Å². The maximum absolute atomic E-state index is 12.8. The lowest BCUT2D eigenvalue weighted by Gasteiger charge is -2.25. The zero-order chi connectivity index (χ0) is 39.5. The Morgan fingerprint density at radius 2 is 1.23 bits per heavy atom. The van der Waals surface area contributed by atoms with E-state index in [9.17, 15) is 24.5 Å². The van der Waals surface area contributed by atoms with E-state index >= 15 is 0 Å². The van der Waals surface area contributed by atoms with Gasteiger partial charge in [-0.3, -0.25) is 13.8 Å². The summed E-state index contributed by atoms with van der Waals surface area (Å²) in [6.07, 6.45) is 41.6. The van der Waals surface area contributed by atoms with Crippen molar-refractivity contribution in [3.8, 4) is 0 Å². The molecule has 0 aliphatic heterocycles. The first-order chi connectivity index (χ1) is 25.4. The fourth-order valence-corrected chi connectivity index (χ4v) is 5.85. The molecule has 0 fully saturated rings. The Balaban J connectivity index is 4.65. The van der Waals surface area contributed by atoms with Crippen molar-refractivity contribution in [1.82, 2.24) is 5.32 Å². The first-order valence-electron chi connectivity index (χ1n) is 20.4. The van der Waals surface area contributed by atoms with E-state index in [0.29, 0.717) is 17.4 Å². The van der Waals surface area contributed by atoms with Gasteiger partial charge in [0.15, 0.2) is 0 Å². The van der Waals surface area contributed by atoms with Crippen molar-refractivity contribution >= 4 is 13.7 Å². The minimum Gasteiger partial charge on any atom is -0.389 e. The zero-order valence-electron chi connectivity index (χ0n) is 34.1. The maximum atomic E-state index is 12.8. The zero-order valence-corrected chi connectivity index (χ0v) is 35.0. The van der Waals surface area contributed by atoms with Crippen molar-refractivity contribution in [2.24, 2.45) is 0 Å². The third-order valence-corrected chi connectivity index (χ3v) is 9.43. The van der Waals surface area contributed by atoms with Gasteiger partial charge in [0.25, 0.3) is 0 Å². The van der Waals surface area contributed by atoms with Gasteiger partial charge in [-0.25, -0.2) is 4.57 Å². The molecule has 0 radical (unpaired) electrons. The van der Waals surface area contributed by atoms with Gasteiger partial charge < -0.3 is 24.9 Å². The lowest BCUT2D eigenvalue weighted by molar-refractivity contribution is -0.870. The summed E-state index contributed by atoms with van der Waals surface area (Å²) in [4.78, 5) is 23.0. The van der Waals surface area contributed by atoms with Crippen LogP contribution in [-0.2, 0) is 18.4 Å². The summed E-state index contributed by atoms with van der Waals surface area (Å²) in [5.74, 6) is -0.254. The largest absolute Gasteiger partial charge is 0.472 e. The molecule has 9 nitrogen and oxygen atoms in total. The van der Waals surface area contributed by atoms with E-state index in [1.54, 1.807) is 6.08 Å². The number of carbonyl (C=O) groups is 1. The van der Waals surface area contributed by atoms with Crippen LogP contribution in [0.2, 0.25) is 0 Å². The highest BCUT2D eigenvalue weighted by atomic mass is 31.2. The van der Waals surface area contributed by atoms with E-state index in [1.165, 1.54) is 38.5 Å². The van der Waals surface area contributed by atoms with Crippen molar-refractivity contribution in [1.29, 1.82) is 0 Å². The second-order valence-electron chi connectivity index (χ2n) is 14.8. The number of rotatable bonds is 35. The monoisotopic (exact) mass is 766 g/mol. The molecular weight excluding hydrogens is 687 g/mol. The number of nitrogens with one attached hydrogen (secondary N) is 1. The number of allylic oxidation sites excluding steroid dienone is 10. The standard InChI is InChI=1S/C43H77N2O7P/c1-6-8-10-11-12-13-14-15-19-22-25-28-31-35-42(47)41(39-52-53(49,50)51-38-37-45(3,4)5)44-43(48)36-32-29-26-23-20-17-16-18-21-24-27-30-34-40(46)33-9-7-2/h10-11,16-17,21,23-24,26,30-31,34-35,40-42,46-47H,6-9,12-15,18-20,22,25,27-29,32-33,36-39H2,1-5H3,(H-,44,48,49,50)/p+1/b11-10-,17-16-,24-21-,26-23-,34-30-,35-31+/t40-,41+,42-/m1/s1. The Morgan fingerprint density at radius 3 is 1.85 bits per heavy atom. The molecular formula is C43H78N2O7P+. The number of aliphatic hydroxyl groups is 2. The number of amides is 1. The number of aliphatic hydroxyl groups excluding tert-OH is 2. The molecule has 0 saturated carbocycles. The molecule has 10 heteroatoms. The Kier molecular flexibility index (Phi) is 33.0. The van der Waals surface area contributed by atoms with E-state index in [4.69, 9.17) is 9.05 Å². The maximum Gasteiger partial charge on any atom is 0.472 e. The summed E-state index contributed by atoms with van der Waals surface area (Å²) in [6.45, 7) is 4.51. The SMILES string of the molecule is CCC/C=C\CCCCCCCC/C=C/[C@@H](O)[C@H](COP(=O)(O)OCC[N+](C)(C)C)NC(=O)CCC/C=C\C/C=C\C/C=C\C/C=C\[C@H](O)CCCC. The van der Waals surface area contributed by atoms with Crippen LogP contribution in [0.4, 0.5) is 0 Å². The van der Waals surface area contributed by atoms with Crippen molar-refractivity contribution in [3.05, 3.63) is 72.9 Å². The Hall–Kier alpha value is -2.10. The number of hydrogen-bond acceptors (Lipinski definition) is 6. The molecule has 0 spiro atoms. The van der Waals surface area contributed by atoms with Crippen LogP contribution >= 0.6 is 7.82 Å². The summed E-state index contributed by atoms with van der Waals surface area (Å²) >= 11 is 0. The van der Waals surface area contributed by atoms with E-state index in [1.807, 2.05) is 39.4 Å². The number of quaternary nitrogens is 1. The number of hydrogen-bond donors (Lipinski definition) is 4. The summed E-state index contributed by atoms with van der Waals surface area (Å²) in [7, 11) is 1.49. The molecule has 0 aliphatic carbocycles. The fraction of sp³-hybridized carbons (Fsp3) is 0.698. The molecule has 1 amide bonds. The predicted octanol–water partition coefficient (Wildman–Crippen LogP) is 9.82. The van der Waals surface area contributed by atoms with Gasteiger partial charge in [-0.15, -0.1) is 0 Å². The molecule has 0 aromatic carbocycles. The van der Waals surface area contributed by atoms with E-state index in [-0.39, 0.29) is 31.6 Å². The van der Waals surface area contributed by atoms with Crippen molar-refractivity contribution in [2.45, 2.75) is 154 Å².